The summed E-state index contributed by atoms with van der Waals surface area (Å²) in [6, 6.07) is -0.603. The third-order valence-corrected chi connectivity index (χ3v) is 3.38. The van der Waals surface area contributed by atoms with Gasteiger partial charge in [-0.05, 0) is 25.7 Å². The quantitative estimate of drug-likeness (QED) is 0.628. The molecule has 0 spiro atoms. The Kier molecular flexibility index (Phi) is 4.75. The second kappa shape index (κ2) is 6.54. The number of nitrogens with two attached hydrogens (primary N) is 1. The second-order valence-corrected chi connectivity index (χ2v) is 4.94. The number of rotatable bonds is 4. The van der Waals surface area contributed by atoms with Crippen LogP contribution < -0.4 is 5.73 Å². The summed E-state index contributed by atoms with van der Waals surface area (Å²) in [7, 11) is 0. The van der Waals surface area contributed by atoms with Gasteiger partial charge in [0.05, 0.1) is 6.33 Å². The predicted molar refractivity (Wildman–Crippen MR) is 67.8 cm³/mol. The maximum Gasteiger partial charge on any atom is 0.323 e. The van der Waals surface area contributed by atoms with Crippen LogP contribution in [0.2, 0.25) is 0 Å². The van der Waals surface area contributed by atoms with Crippen molar-refractivity contribution in [2.24, 2.45) is 5.73 Å². The van der Waals surface area contributed by atoms with Crippen LogP contribution in [0.25, 0.3) is 0 Å². The van der Waals surface area contributed by atoms with Crippen LogP contribution in [0.4, 0.5) is 0 Å². The Morgan fingerprint density at radius 1 is 1.44 bits per heavy atom. The zero-order chi connectivity index (χ0) is 12.8. The summed E-state index contributed by atoms with van der Waals surface area (Å²) in [5.41, 5.74) is 6.70. The van der Waals surface area contributed by atoms with Gasteiger partial charge in [0.15, 0.2) is 0 Å². The molecule has 0 saturated heterocycles. The van der Waals surface area contributed by atoms with E-state index in [0.29, 0.717) is 6.42 Å². The van der Waals surface area contributed by atoms with Crippen molar-refractivity contribution < 1.29 is 9.53 Å². The highest BCUT2D eigenvalue weighted by atomic mass is 16.5. The molecule has 0 radical (unpaired) electrons. The minimum Gasteiger partial charge on any atom is -0.461 e. The number of hydrogen-bond donors (Lipinski definition) is 2. The van der Waals surface area contributed by atoms with E-state index in [9.17, 15) is 4.79 Å². The Morgan fingerprint density at radius 3 is 2.78 bits per heavy atom. The van der Waals surface area contributed by atoms with E-state index >= 15 is 0 Å². The van der Waals surface area contributed by atoms with Crippen molar-refractivity contribution in [2.75, 3.05) is 0 Å². The zero-order valence-electron chi connectivity index (χ0n) is 10.6. The van der Waals surface area contributed by atoms with Crippen LogP contribution >= 0.6 is 0 Å². The van der Waals surface area contributed by atoms with Crippen LogP contribution in [-0.4, -0.2) is 28.1 Å². The van der Waals surface area contributed by atoms with Crippen molar-refractivity contribution in [3.63, 3.8) is 0 Å². The molecule has 0 amide bonds. The van der Waals surface area contributed by atoms with Crippen molar-refractivity contribution in [3.8, 4) is 0 Å². The van der Waals surface area contributed by atoms with Crippen LogP contribution in [0.3, 0.4) is 0 Å². The first-order valence-corrected chi connectivity index (χ1v) is 6.69. The van der Waals surface area contributed by atoms with E-state index < -0.39 is 6.04 Å². The molecule has 0 bridgehead atoms. The zero-order valence-corrected chi connectivity index (χ0v) is 10.6. The van der Waals surface area contributed by atoms with Gasteiger partial charge in [0.25, 0.3) is 0 Å². The van der Waals surface area contributed by atoms with Crippen molar-refractivity contribution in [1.29, 1.82) is 0 Å². The highest BCUT2D eigenvalue weighted by Crippen LogP contribution is 2.20. The average molecular weight is 251 g/mol. The fourth-order valence-electron chi connectivity index (χ4n) is 2.33. The van der Waals surface area contributed by atoms with E-state index in [1.54, 1.807) is 12.5 Å². The van der Waals surface area contributed by atoms with Gasteiger partial charge in [0.1, 0.15) is 12.1 Å². The van der Waals surface area contributed by atoms with Crippen LogP contribution in [0, 0.1) is 0 Å². The molecular weight excluding hydrogens is 230 g/mol. The monoisotopic (exact) mass is 251 g/mol. The molecule has 1 aromatic heterocycles. The first-order chi connectivity index (χ1) is 8.75. The maximum atomic E-state index is 11.9. The van der Waals surface area contributed by atoms with Gasteiger partial charge < -0.3 is 15.5 Å². The number of hydrogen-bond acceptors (Lipinski definition) is 4. The number of nitrogens with zero attached hydrogens (tertiary/aromatic N) is 1. The number of aromatic amines is 1. The summed E-state index contributed by atoms with van der Waals surface area (Å²) in [6.07, 6.45) is 10.5. The molecule has 1 atom stereocenters. The van der Waals surface area contributed by atoms with Crippen molar-refractivity contribution >= 4 is 5.97 Å². The van der Waals surface area contributed by atoms with E-state index in [1.807, 2.05) is 0 Å². The molecule has 5 heteroatoms. The molecule has 1 aromatic rings. The first kappa shape index (κ1) is 13.1. The van der Waals surface area contributed by atoms with E-state index in [0.717, 1.165) is 31.4 Å². The number of H-pyrrole nitrogens is 1. The molecule has 1 aliphatic rings. The van der Waals surface area contributed by atoms with Crippen LogP contribution in [0.15, 0.2) is 12.5 Å². The smallest absolute Gasteiger partial charge is 0.323 e. The molecule has 3 N–H and O–H groups in total. The highest BCUT2D eigenvalue weighted by Gasteiger charge is 2.21. The summed E-state index contributed by atoms with van der Waals surface area (Å²) in [4.78, 5) is 18.7. The maximum absolute atomic E-state index is 11.9. The van der Waals surface area contributed by atoms with Gasteiger partial charge >= 0.3 is 5.97 Å². The number of carbonyl (C=O) groups is 1. The van der Waals surface area contributed by atoms with Gasteiger partial charge in [-0.2, -0.15) is 0 Å². The minimum atomic E-state index is -0.603. The third-order valence-electron chi connectivity index (χ3n) is 3.38. The molecule has 2 rings (SSSR count). The van der Waals surface area contributed by atoms with E-state index in [4.69, 9.17) is 10.5 Å². The number of esters is 1. The fraction of sp³-hybridized carbons (Fsp3) is 0.692. The standard InChI is InChI=1S/C13H21N3O2/c14-12(7-10-8-15-9-16-10)13(17)18-11-5-3-1-2-4-6-11/h8-9,11-12H,1-7,14H2,(H,15,16)/t12-/m0/s1. The molecular formula is C13H21N3O2. The molecule has 1 fully saturated rings. The molecule has 5 nitrogen and oxygen atoms in total. The van der Waals surface area contributed by atoms with Crippen molar-refractivity contribution in [2.45, 2.75) is 57.1 Å². The molecule has 100 valence electrons. The van der Waals surface area contributed by atoms with Crippen LogP contribution in [-0.2, 0) is 16.0 Å². The molecule has 0 aromatic carbocycles. The summed E-state index contributed by atoms with van der Waals surface area (Å²) in [5, 5.41) is 0. The third kappa shape index (κ3) is 3.84. The number of nitrogens with one attached hydrogen (secondary N) is 1. The van der Waals surface area contributed by atoms with Gasteiger partial charge in [-0.25, -0.2) is 4.98 Å². The average Bonchev–Trinajstić information content (AvgIpc) is 2.72. The topological polar surface area (TPSA) is 81.0 Å². The van der Waals surface area contributed by atoms with Gasteiger partial charge in [-0.1, -0.05) is 12.8 Å². The van der Waals surface area contributed by atoms with Gasteiger partial charge in [0.2, 0.25) is 0 Å². The van der Waals surface area contributed by atoms with Gasteiger partial charge in [-0.3, -0.25) is 4.79 Å². The summed E-state index contributed by atoms with van der Waals surface area (Å²) >= 11 is 0. The lowest BCUT2D eigenvalue weighted by Gasteiger charge is -2.18. The van der Waals surface area contributed by atoms with E-state index in [-0.39, 0.29) is 12.1 Å². The lowest BCUT2D eigenvalue weighted by Crippen LogP contribution is -2.36. The first-order valence-electron chi connectivity index (χ1n) is 6.69. The molecule has 18 heavy (non-hydrogen) atoms. The van der Waals surface area contributed by atoms with Gasteiger partial charge in [-0.15, -0.1) is 0 Å². The highest BCUT2D eigenvalue weighted by molar-refractivity contribution is 5.76. The molecule has 0 aliphatic heterocycles. The Hall–Kier alpha value is -1.36. The normalized spacial score (nSPS) is 19.2. The van der Waals surface area contributed by atoms with Gasteiger partial charge in [0, 0.05) is 18.3 Å². The largest absolute Gasteiger partial charge is 0.461 e. The van der Waals surface area contributed by atoms with E-state index in [2.05, 4.69) is 9.97 Å². The van der Waals surface area contributed by atoms with Crippen molar-refractivity contribution in [1.82, 2.24) is 9.97 Å². The Morgan fingerprint density at radius 2 is 2.17 bits per heavy atom. The lowest BCUT2D eigenvalue weighted by molar-refractivity contribution is -0.151. The van der Waals surface area contributed by atoms with Crippen LogP contribution in [0.1, 0.15) is 44.2 Å². The Bertz CT molecular complexity index is 356. The summed E-state index contributed by atoms with van der Waals surface area (Å²) < 4.78 is 5.48. The molecule has 0 unspecified atom stereocenters. The van der Waals surface area contributed by atoms with Crippen molar-refractivity contribution in [3.05, 3.63) is 18.2 Å². The van der Waals surface area contributed by atoms with E-state index in [1.165, 1.54) is 12.8 Å². The number of ether oxygens (including phenoxy) is 1. The second-order valence-electron chi connectivity index (χ2n) is 4.94. The summed E-state index contributed by atoms with van der Waals surface area (Å²) in [6.45, 7) is 0. The molecule has 1 heterocycles. The Balaban J connectivity index is 1.79. The Labute approximate surface area is 107 Å². The SMILES string of the molecule is N[C@@H](Cc1cnc[nH]1)C(=O)OC1CCCCCC1. The number of imidazole rings is 1. The lowest BCUT2D eigenvalue weighted by atomic mass is 10.1. The number of carbonyl (C=O) groups excluding carboxylic acids is 1. The molecule has 1 aliphatic carbocycles. The fourth-order valence-corrected chi connectivity index (χ4v) is 2.33. The van der Waals surface area contributed by atoms with Crippen LogP contribution in [0.5, 0.6) is 0 Å². The number of aromatic nitrogens is 2. The predicted octanol–water partition coefficient (Wildman–Crippen LogP) is 1.55. The minimum absolute atomic E-state index is 0.0628. The summed E-state index contributed by atoms with van der Waals surface area (Å²) in [5.74, 6) is -0.295. The molecule has 1 saturated carbocycles.